The van der Waals surface area contributed by atoms with Crippen molar-refractivity contribution >= 4 is 5.91 Å². The normalized spacial score (nSPS) is 12.7. The van der Waals surface area contributed by atoms with E-state index in [1.165, 1.54) is 6.20 Å². The Hall–Kier alpha value is -2.11. The molecular formula is C12H17N5O. The van der Waals surface area contributed by atoms with Gasteiger partial charge in [-0.1, -0.05) is 13.8 Å². The highest BCUT2D eigenvalue weighted by molar-refractivity contribution is 5.93. The standard InChI is InChI=1S/C12H17N5O/c1-8(2)10(11-13-4-5-17(11)3)16-12(18)9-6-14-15-7-9/h4-8,10H,1-3H3,(H,14,15)(H,16,18). The molecule has 0 aliphatic carbocycles. The molecule has 6 nitrogen and oxygen atoms in total. The number of hydrogen-bond acceptors (Lipinski definition) is 3. The van der Waals surface area contributed by atoms with Crippen LogP contribution in [-0.2, 0) is 7.05 Å². The number of imidazole rings is 1. The number of amides is 1. The summed E-state index contributed by atoms with van der Waals surface area (Å²) in [5.41, 5.74) is 0.523. The first kappa shape index (κ1) is 12.3. The van der Waals surface area contributed by atoms with Crippen molar-refractivity contribution in [2.75, 3.05) is 0 Å². The lowest BCUT2D eigenvalue weighted by molar-refractivity contribution is 0.0922. The molecule has 0 radical (unpaired) electrons. The molecule has 1 atom stereocenters. The Balaban J connectivity index is 2.18. The Morgan fingerprint density at radius 1 is 1.50 bits per heavy atom. The van der Waals surface area contributed by atoms with Gasteiger partial charge in [0.2, 0.25) is 0 Å². The number of hydrogen-bond donors (Lipinski definition) is 2. The van der Waals surface area contributed by atoms with Crippen molar-refractivity contribution in [1.29, 1.82) is 0 Å². The molecule has 2 aromatic rings. The summed E-state index contributed by atoms with van der Waals surface area (Å²) in [5.74, 6) is 0.953. The van der Waals surface area contributed by atoms with E-state index in [0.29, 0.717) is 5.56 Å². The molecule has 1 amide bonds. The van der Waals surface area contributed by atoms with E-state index in [1.807, 2.05) is 17.8 Å². The molecule has 0 spiro atoms. The van der Waals surface area contributed by atoms with E-state index in [1.54, 1.807) is 12.4 Å². The highest BCUT2D eigenvalue weighted by Gasteiger charge is 2.22. The number of rotatable bonds is 4. The average molecular weight is 247 g/mol. The quantitative estimate of drug-likeness (QED) is 0.854. The lowest BCUT2D eigenvalue weighted by atomic mass is 10.0. The number of nitrogens with zero attached hydrogens (tertiary/aromatic N) is 3. The fraction of sp³-hybridized carbons (Fsp3) is 0.417. The fourth-order valence-electron chi connectivity index (χ4n) is 1.81. The summed E-state index contributed by atoms with van der Waals surface area (Å²) in [6.45, 7) is 4.10. The van der Waals surface area contributed by atoms with Gasteiger partial charge in [-0.3, -0.25) is 9.89 Å². The third kappa shape index (κ3) is 2.42. The maximum Gasteiger partial charge on any atom is 0.255 e. The molecule has 2 aromatic heterocycles. The van der Waals surface area contributed by atoms with Gasteiger partial charge in [0, 0.05) is 25.6 Å². The van der Waals surface area contributed by atoms with Gasteiger partial charge < -0.3 is 9.88 Å². The maximum atomic E-state index is 12.0. The van der Waals surface area contributed by atoms with Crippen LogP contribution in [0.2, 0.25) is 0 Å². The monoisotopic (exact) mass is 247 g/mol. The van der Waals surface area contributed by atoms with E-state index in [4.69, 9.17) is 0 Å². The highest BCUT2D eigenvalue weighted by atomic mass is 16.1. The molecule has 0 saturated carbocycles. The van der Waals surface area contributed by atoms with Crippen LogP contribution >= 0.6 is 0 Å². The van der Waals surface area contributed by atoms with Crippen molar-refractivity contribution in [2.24, 2.45) is 13.0 Å². The van der Waals surface area contributed by atoms with Gasteiger partial charge in [-0.25, -0.2) is 4.98 Å². The van der Waals surface area contributed by atoms with Crippen LogP contribution in [0.1, 0.15) is 36.1 Å². The second-order valence-corrected chi connectivity index (χ2v) is 4.58. The van der Waals surface area contributed by atoms with Gasteiger partial charge in [-0.15, -0.1) is 0 Å². The Labute approximate surface area is 105 Å². The first-order valence-electron chi connectivity index (χ1n) is 5.86. The lowest BCUT2D eigenvalue weighted by Gasteiger charge is -2.21. The van der Waals surface area contributed by atoms with Gasteiger partial charge >= 0.3 is 0 Å². The third-order valence-electron chi connectivity index (χ3n) is 2.85. The van der Waals surface area contributed by atoms with Gasteiger partial charge in [0.1, 0.15) is 5.82 Å². The predicted molar refractivity (Wildman–Crippen MR) is 66.8 cm³/mol. The van der Waals surface area contributed by atoms with Crippen LogP contribution in [-0.4, -0.2) is 25.7 Å². The number of H-pyrrole nitrogens is 1. The van der Waals surface area contributed by atoms with E-state index in [9.17, 15) is 4.79 Å². The predicted octanol–water partition coefficient (Wildman–Crippen LogP) is 1.27. The molecule has 0 aromatic carbocycles. The van der Waals surface area contributed by atoms with Crippen LogP contribution < -0.4 is 5.32 Å². The Bertz CT molecular complexity index is 514. The minimum atomic E-state index is -0.148. The zero-order chi connectivity index (χ0) is 13.1. The Morgan fingerprint density at radius 3 is 2.78 bits per heavy atom. The van der Waals surface area contributed by atoms with Crippen molar-refractivity contribution in [3.63, 3.8) is 0 Å². The molecule has 96 valence electrons. The van der Waals surface area contributed by atoms with Gasteiger partial charge in [0.15, 0.2) is 0 Å². The minimum Gasteiger partial charge on any atom is -0.342 e. The number of carbonyl (C=O) groups excluding carboxylic acids is 1. The van der Waals surface area contributed by atoms with Crippen molar-refractivity contribution in [3.05, 3.63) is 36.2 Å². The highest BCUT2D eigenvalue weighted by Crippen LogP contribution is 2.20. The minimum absolute atomic E-state index is 0.118. The van der Waals surface area contributed by atoms with Crippen molar-refractivity contribution < 1.29 is 4.79 Å². The second-order valence-electron chi connectivity index (χ2n) is 4.58. The number of aryl methyl sites for hydroxylation is 1. The SMILES string of the molecule is CC(C)C(NC(=O)c1cn[nH]c1)c1nccn1C. The van der Waals surface area contributed by atoms with Gasteiger partial charge in [-0.2, -0.15) is 5.10 Å². The molecule has 0 fully saturated rings. The molecule has 6 heteroatoms. The fourth-order valence-corrected chi connectivity index (χ4v) is 1.81. The number of carbonyl (C=O) groups is 1. The van der Waals surface area contributed by atoms with Crippen molar-refractivity contribution in [1.82, 2.24) is 25.1 Å². The van der Waals surface area contributed by atoms with Crippen LogP contribution in [0.4, 0.5) is 0 Å². The second kappa shape index (κ2) is 5.03. The largest absolute Gasteiger partial charge is 0.342 e. The molecule has 0 aliphatic rings. The molecule has 0 saturated heterocycles. The van der Waals surface area contributed by atoms with Crippen LogP contribution in [0.25, 0.3) is 0 Å². The summed E-state index contributed by atoms with van der Waals surface area (Å²) >= 11 is 0. The summed E-state index contributed by atoms with van der Waals surface area (Å²) in [4.78, 5) is 16.3. The first-order chi connectivity index (χ1) is 8.59. The molecule has 0 bridgehead atoms. The van der Waals surface area contributed by atoms with E-state index in [-0.39, 0.29) is 17.9 Å². The molecule has 2 rings (SSSR count). The zero-order valence-electron chi connectivity index (χ0n) is 10.7. The van der Waals surface area contributed by atoms with Crippen LogP contribution in [0, 0.1) is 5.92 Å². The Kier molecular flexibility index (Phi) is 3.45. The lowest BCUT2D eigenvalue weighted by Crippen LogP contribution is -2.33. The van der Waals surface area contributed by atoms with E-state index >= 15 is 0 Å². The van der Waals surface area contributed by atoms with Gasteiger partial charge in [0.25, 0.3) is 5.91 Å². The molecule has 0 aliphatic heterocycles. The molecule has 1 unspecified atom stereocenters. The van der Waals surface area contributed by atoms with Gasteiger partial charge in [-0.05, 0) is 5.92 Å². The Morgan fingerprint density at radius 2 is 2.28 bits per heavy atom. The maximum absolute atomic E-state index is 12.0. The first-order valence-corrected chi connectivity index (χ1v) is 5.86. The summed E-state index contributed by atoms with van der Waals surface area (Å²) in [6, 6.07) is -0.118. The molecule has 2 N–H and O–H groups in total. The number of aromatic amines is 1. The summed E-state index contributed by atoms with van der Waals surface area (Å²) < 4.78 is 1.92. The van der Waals surface area contributed by atoms with Crippen LogP contribution in [0.3, 0.4) is 0 Å². The average Bonchev–Trinajstić information content (AvgIpc) is 2.96. The van der Waals surface area contributed by atoms with Gasteiger partial charge in [0.05, 0.1) is 17.8 Å². The molecule has 18 heavy (non-hydrogen) atoms. The number of nitrogens with one attached hydrogen (secondary N) is 2. The topological polar surface area (TPSA) is 75.6 Å². The summed E-state index contributed by atoms with van der Waals surface area (Å²) in [6.07, 6.45) is 6.68. The van der Waals surface area contributed by atoms with E-state index in [0.717, 1.165) is 5.82 Å². The number of aromatic nitrogens is 4. The van der Waals surface area contributed by atoms with Crippen molar-refractivity contribution in [2.45, 2.75) is 19.9 Å². The summed E-state index contributed by atoms with van der Waals surface area (Å²) in [7, 11) is 1.92. The third-order valence-corrected chi connectivity index (χ3v) is 2.85. The van der Waals surface area contributed by atoms with Crippen molar-refractivity contribution in [3.8, 4) is 0 Å². The molecule has 2 heterocycles. The zero-order valence-corrected chi connectivity index (χ0v) is 10.7. The van der Waals surface area contributed by atoms with Crippen LogP contribution in [0.5, 0.6) is 0 Å². The molecular weight excluding hydrogens is 230 g/mol. The van der Waals surface area contributed by atoms with E-state index < -0.39 is 0 Å². The van der Waals surface area contributed by atoms with Crippen LogP contribution in [0.15, 0.2) is 24.8 Å². The summed E-state index contributed by atoms with van der Waals surface area (Å²) in [5, 5.41) is 9.38. The smallest absolute Gasteiger partial charge is 0.255 e. The van der Waals surface area contributed by atoms with E-state index in [2.05, 4.69) is 34.3 Å².